The molecule has 8 atom stereocenters. The molecule has 27 heteroatoms. The van der Waals surface area contributed by atoms with Crippen LogP contribution in [0.1, 0.15) is 65.5 Å². The Morgan fingerprint density at radius 3 is 1.88 bits per heavy atom. The van der Waals surface area contributed by atoms with Gasteiger partial charge in [0.2, 0.25) is 59.1 Å². The van der Waals surface area contributed by atoms with Gasteiger partial charge in [0, 0.05) is 36.4 Å². The number of carboxylic acids is 1. The fourth-order valence-electron chi connectivity index (χ4n) is 6.52. The van der Waals surface area contributed by atoms with E-state index < -0.39 is 139 Å². The van der Waals surface area contributed by atoms with Gasteiger partial charge in [0.05, 0.1) is 31.8 Å². The molecule has 1 aromatic rings. The third kappa shape index (κ3) is 18.2. The van der Waals surface area contributed by atoms with E-state index in [4.69, 9.17) is 17.2 Å². The number of aromatic amines is 1. The van der Waals surface area contributed by atoms with E-state index in [9.17, 15) is 57.8 Å². The fourth-order valence-corrected chi connectivity index (χ4v) is 6.93. The Morgan fingerprint density at radius 1 is 0.769 bits per heavy atom. The van der Waals surface area contributed by atoms with E-state index in [1.165, 1.54) is 17.4 Å². The molecule has 2 rings (SSSR count). The minimum absolute atomic E-state index is 0.000279. The number of nitrogens with one attached hydrogen (secondary N) is 8. The predicted molar refractivity (Wildman–Crippen MR) is 237 cm³/mol. The van der Waals surface area contributed by atoms with Crippen LogP contribution in [0.15, 0.2) is 12.5 Å². The summed E-state index contributed by atoms with van der Waals surface area (Å²) in [6.07, 6.45) is 1.92. The van der Waals surface area contributed by atoms with Gasteiger partial charge in [-0.1, -0.05) is 27.7 Å². The molecule has 1 aliphatic rings. The van der Waals surface area contributed by atoms with Crippen molar-refractivity contribution in [2.75, 3.05) is 24.6 Å². The molecular weight excluding hydrogens is 895 g/mol. The number of nitrogens with zero attached hydrogens (tertiary/aromatic N) is 2. The molecule has 1 aliphatic heterocycles. The Labute approximate surface area is 385 Å². The minimum Gasteiger partial charge on any atom is -0.480 e. The molecule has 1 saturated heterocycles. The van der Waals surface area contributed by atoms with Crippen LogP contribution in [-0.2, 0) is 59.2 Å². The zero-order valence-corrected chi connectivity index (χ0v) is 38.2. The van der Waals surface area contributed by atoms with Crippen molar-refractivity contribution < 1.29 is 57.8 Å². The standard InChI is InChI=1S/C38H61N13O12S2/c1-17(2)8-24(48-36(60)30(18(3)4)50-34(58)21(9-19-12-42-16-44-19)46-31(55)20(39)14-64)37(61)51-7-5-6-26(51)35(59)47-22(10-27(40)52)32(56)43-13-29(54)45-23(11-28(41)53)33(57)49-25(15-65)38(62)63/h12,16-18,20-26,30,64-65H,5-11,13-15,39H2,1-4H3,(H2,40,52)(H2,41,53)(H,42,44)(H,43,56)(H,45,54)(H,46,55)(H,47,59)(H,48,60)(H,49,57)(H,50,58)(H,62,63)/t20-,21-,22-,23-,24-,25-,26-,30-/m0/s1. The highest BCUT2D eigenvalue weighted by Gasteiger charge is 2.40. The van der Waals surface area contributed by atoms with Crippen LogP contribution in [0, 0.1) is 11.8 Å². The van der Waals surface area contributed by atoms with Gasteiger partial charge in [-0.05, 0) is 31.1 Å². The molecule has 0 saturated carbocycles. The number of carboxylic acid groups (broad SMARTS) is 1. The average Bonchev–Trinajstić information content (AvgIpc) is 3.94. The summed E-state index contributed by atoms with van der Waals surface area (Å²) in [6.45, 7) is 6.16. The second kappa shape index (κ2) is 26.7. The molecule has 15 N–H and O–H groups in total. The SMILES string of the molecule is CC(C)C[C@H](NC(=O)[C@@H](NC(=O)[C@H](Cc1cnc[nH]1)NC(=O)[C@@H](N)CS)C(C)C)C(=O)N1CCC[C@H]1C(=O)N[C@@H](CC(N)=O)C(=O)NCC(=O)N[C@@H](CC(N)=O)C(=O)N[C@@H](CS)C(=O)O. The third-order valence-electron chi connectivity index (χ3n) is 9.87. The van der Waals surface area contributed by atoms with Crippen LogP contribution < -0.4 is 54.4 Å². The van der Waals surface area contributed by atoms with Crippen molar-refractivity contribution in [3.8, 4) is 0 Å². The first-order valence-corrected chi connectivity index (χ1v) is 21.9. The summed E-state index contributed by atoms with van der Waals surface area (Å²) in [6, 6.07) is -10.6. The van der Waals surface area contributed by atoms with Gasteiger partial charge in [0.15, 0.2) is 0 Å². The van der Waals surface area contributed by atoms with E-state index in [1.54, 1.807) is 27.7 Å². The van der Waals surface area contributed by atoms with Crippen molar-refractivity contribution in [2.24, 2.45) is 29.0 Å². The van der Waals surface area contributed by atoms with Crippen LogP contribution in [0.3, 0.4) is 0 Å². The number of thiol groups is 2. The summed E-state index contributed by atoms with van der Waals surface area (Å²) in [4.78, 5) is 150. The topological polar surface area (TPSA) is 402 Å². The zero-order valence-electron chi connectivity index (χ0n) is 36.5. The molecule has 25 nitrogen and oxygen atoms in total. The first-order chi connectivity index (χ1) is 30.5. The maximum absolute atomic E-state index is 14.2. The minimum atomic E-state index is -1.65. The lowest BCUT2D eigenvalue weighted by Gasteiger charge is -2.32. The molecular formula is C38H61N13O12S2. The van der Waals surface area contributed by atoms with E-state index in [0.717, 1.165) is 0 Å². The molecule has 362 valence electrons. The van der Waals surface area contributed by atoms with E-state index in [-0.39, 0.29) is 43.2 Å². The largest absolute Gasteiger partial charge is 0.480 e. The maximum Gasteiger partial charge on any atom is 0.327 e. The van der Waals surface area contributed by atoms with E-state index in [0.29, 0.717) is 12.1 Å². The van der Waals surface area contributed by atoms with Gasteiger partial charge in [0.25, 0.3) is 0 Å². The number of H-pyrrole nitrogens is 1. The number of primary amides is 2. The van der Waals surface area contributed by atoms with E-state index >= 15 is 0 Å². The number of hydrogen-bond acceptors (Lipinski definition) is 15. The average molecular weight is 956 g/mol. The molecule has 0 spiro atoms. The Hall–Kier alpha value is -5.96. The number of likely N-dealkylation sites (tertiary alicyclic amines) is 1. The van der Waals surface area contributed by atoms with Gasteiger partial charge in [-0.25, -0.2) is 9.78 Å². The van der Waals surface area contributed by atoms with Crippen molar-refractivity contribution in [3.05, 3.63) is 18.2 Å². The second-order valence-corrected chi connectivity index (χ2v) is 16.8. The molecule has 1 aromatic heterocycles. The van der Waals surface area contributed by atoms with Gasteiger partial charge >= 0.3 is 5.97 Å². The number of carbonyl (C=O) groups excluding carboxylic acids is 10. The lowest BCUT2D eigenvalue weighted by Crippen LogP contribution is -2.61. The first kappa shape index (κ1) is 55.2. The Morgan fingerprint density at radius 2 is 1.35 bits per heavy atom. The molecule has 10 amide bonds. The fraction of sp³-hybridized carbons (Fsp3) is 0.632. The van der Waals surface area contributed by atoms with Gasteiger partial charge in [0.1, 0.15) is 42.3 Å². The van der Waals surface area contributed by atoms with Gasteiger partial charge in [-0.3, -0.25) is 47.9 Å². The van der Waals surface area contributed by atoms with Crippen LogP contribution in [0.4, 0.5) is 0 Å². The molecule has 0 bridgehead atoms. The molecule has 0 unspecified atom stereocenters. The van der Waals surface area contributed by atoms with Crippen molar-refractivity contribution >= 4 is 90.3 Å². The molecule has 0 aromatic carbocycles. The van der Waals surface area contributed by atoms with Crippen LogP contribution in [0.5, 0.6) is 0 Å². The number of rotatable bonds is 27. The number of nitrogens with two attached hydrogens (primary N) is 3. The lowest BCUT2D eigenvalue weighted by atomic mass is 9.98. The molecule has 65 heavy (non-hydrogen) atoms. The van der Waals surface area contributed by atoms with Crippen LogP contribution in [0.2, 0.25) is 0 Å². The summed E-state index contributed by atoms with van der Waals surface area (Å²) in [5.41, 5.74) is 16.9. The predicted octanol–water partition coefficient (Wildman–Crippen LogP) is -5.31. The number of aromatic nitrogens is 2. The second-order valence-electron chi connectivity index (χ2n) is 16.1. The highest BCUT2D eigenvalue weighted by molar-refractivity contribution is 7.80. The van der Waals surface area contributed by atoms with Gasteiger partial charge < -0.3 is 69.4 Å². The number of amides is 10. The Balaban J connectivity index is 2.22. The van der Waals surface area contributed by atoms with Crippen LogP contribution >= 0.6 is 25.3 Å². The van der Waals surface area contributed by atoms with E-state index in [2.05, 4.69) is 72.4 Å². The highest BCUT2D eigenvalue weighted by Crippen LogP contribution is 2.21. The Bertz CT molecular complexity index is 1890. The molecule has 0 radical (unpaired) electrons. The molecule has 0 aliphatic carbocycles. The lowest BCUT2D eigenvalue weighted by molar-refractivity contribution is -0.143. The van der Waals surface area contributed by atoms with Crippen LogP contribution in [0.25, 0.3) is 0 Å². The van der Waals surface area contributed by atoms with Gasteiger partial charge in [-0.15, -0.1) is 0 Å². The van der Waals surface area contributed by atoms with E-state index in [1.807, 2.05) is 0 Å². The van der Waals surface area contributed by atoms with Crippen molar-refractivity contribution in [1.82, 2.24) is 52.1 Å². The maximum atomic E-state index is 14.2. The number of imidazole rings is 1. The monoisotopic (exact) mass is 955 g/mol. The van der Waals surface area contributed by atoms with Crippen molar-refractivity contribution in [2.45, 2.75) is 115 Å². The summed E-state index contributed by atoms with van der Waals surface area (Å²) in [5.74, 6) is -11.3. The van der Waals surface area contributed by atoms with Crippen molar-refractivity contribution in [1.29, 1.82) is 0 Å². The molecule has 2 heterocycles. The van der Waals surface area contributed by atoms with Gasteiger partial charge in [-0.2, -0.15) is 25.3 Å². The number of aliphatic carboxylic acids is 1. The Kier molecular flexibility index (Phi) is 22.7. The number of hydrogen-bond donors (Lipinski definition) is 14. The first-order valence-electron chi connectivity index (χ1n) is 20.6. The quantitative estimate of drug-likeness (QED) is 0.0367. The summed E-state index contributed by atoms with van der Waals surface area (Å²) >= 11 is 7.88. The summed E-state index contributed by atoms with van der Waals surface area (Å²) in [5, 5.41) is 26.0. The summed E-state index contributed by atoms with van der Waals surface area (Å²) in [7, 11) is 0. The summed E-state index contributed by atoms with van der Waals surface area (Å²) < 4.78 is 0. The number of carbonyl (C=O) groups is 11. The van der Waals surface area contributed by atoms with Crippen LogP contribution in [-0.4, -0.2) is 158 Å². The van der Waals surface area contributed by atoms with Crippen molar-refractivity contribution in [3.63, 3.8) is 0 Å². The molecule has 1 fully saturated rings. The highest BCUT2D eigenvalue weighted by atomic mass is 32.1. The smallest absolute Gasteiger partial charge is 0.327 e. The third-order valence-corrected chi connectivity index (χ3v) is 10.6. The normalized spacial score (nSPS) is 16.7. The zero-order chi connectivity index (χ0) is 49.1.